The van der Waals surface area contributed by atoms with Gasteiger partial charge in [-0.2, -0.15) is 0 Å². The average molecular weight is 318 g/mol. The van der Waals surface area contributed by atoms with Crippen LogP contribution in [0.25, 0.3) is 10.2 Å². The molecule has 0 aliphatic carbocycles. The van der Waals surface area contributed by atoms with Crippen molar-refractivity contribution in [3.8, 4) is 0 Å². The van der Waals surface area contributed by atoms with Crippen LogP contribution >= 0.6 is 11.3 Å². The highest BCUT2D eigenvalue weighted by Crippen LogP contribution is 2.35. The van der Waals surface area contributed by atoms with E-state index >= 15 is 0 Å². The molecule has 3 N–H and O–H groups in total. The predicted molar refractivity (Wildman–Crippen MR) is 85.5 cm³/mol. The van der Waals surface area contributed by atoms with Gasteiger partial charge in [0.25, 0.3) is 0 Å². The fourth-order valence-electron chi connectivity index (χ4n) is 2.85. The summed E-state index contributed by atoms with van der Waals surface area (Å²) in [6, 6.07) is 7.36. The van der Waals surface area contributed by atoms with Crippen molar-refractivity contribution in [2.24, 2.45) is 5.73 Å². The van der Waals surface area contributed by atoms with Gasteiger partial charge in [0.05, 0.1) is 22.8 Å². The van der Waals surface area contributed by atoms with Gasteiger partial charge >= 0.3 is 6.03 Å². The number of aromatic nitrogens is 1. The van der Waals surface area contributed by atoms with Crippen molar-refractivity contribution in [3.63, 3.8) is 0 Å². The van der Waals surface area contributed by atoms with E-state index in [1.165, 1.54) is 0 Å². The van der Waals surface area contributed by atoms with Crippen molar-refractivity contribution in [3.05, 3.63) is 29.3 Å². The van der Waals surface area contributed by atoms with E-state index in [4.69, 9.17) is 10.7 Å². The highest BCUT2D eigenvalue weighted by atomic mass is 32.1. The standard InChI is InChI=1S/C15H18N4O2S/c16-15(21)18-13(20)9-19-8-4-3-6-11(19)14-17-10-5-1-2-7-12(10)22-14/h1-2,5,7,11H,3-4,6,8-9H2,(H3,16,18,20,21)/t11-/m1/s1. The molecule has 7 heteroatoms. The second-order valence-electron chi connectivity index (χ2n) is 5.41. The fourth-order valence-corrected chi connectivity index (χ4v) is 3.99. The molecule has 6 nitrogen and oxygen atoms in total. The number of para-hydroxylation sites is 1. The molecule has 116 valence electrons. The van der Waals surface area contributed by atoms with Crippen LogP contribution in [0.4, 0.5) is 4.79 Å². The SMILES string of the molecule is NC(=O)NC(=O)CN1CCCC[C@@H]1c1nc2ccccc2s1. The first kappa shape index (κ1) is 14.9. The van der Waals surface area contributed by atoms with Gasteiger partial charge in [-0.15, -0.1) is 11.3 Å². The lowest BCUT2D eigenvalue weighted by atomic mass is 10.0. The van der Waals surface area contributed by atoms with Gasteiger partial charge in [-0.05, 0) is 31.5 Å². The number of nitrogens with one attached hydrogen (secondary N) is 1. The maximum absolute atomic E-state index is 11.8. The number of hydrogen-bond acceptors (Lipinski definition) is 5. The van der Waals surface area contributed by atoms with Gasteiger partial charge in [-0.25, -0.2) is 9.78 Å². The van der Waals surface area contributed by atoms with Crippen LogP contribution < -0.4 is 11.1 Å². The maximum atomic E-state index is 11.8. The summed E-state index contributed by atoms with van der Waals surface area (Å²) in [6.45, 7) is 0.996. The Morgan fingerprint density at radius 1 is 1.36 bits per heavy atom. The highest BCUT2D eigenvalue weighted by molar-refractivity contribution is 7.18. The third-order valence-electron chi connectivity index (χ3n) is 3.82. The van der Waals surface area contributed by atoms with Gasteiger partial charge < -0.3 is 5.73 Å². The number of imide groups is 1. The molecule has 3 rings (SSSR count). The molecular weight excluding hydrogens is 300 g/mol. The molecule has 0 unspecified atom stereocenters. The summed E-state index contributed by atoms with van der Waals surface area (Å²) in [5.74, 6) is -0.361. The highest BCUT2D eigenvalue weighted by Gasteiger charge is 2.28. The number of fused-ring (bicyclic) bond motifs is 1. The molecule has 1 atom stereocenters. The molecule has 2 aromatic rings. The summed E-state index contributed by atoms with van der Waals surface area (Å²) in [7, 11) is 0. The van der Waals surface area contributed by atoms with Crippen LogP contribution in [0.3, 0.4) is 0 Å². The molecule has 1 saturated heterocycles. The number of amides is 3. The van der Waals surface area contributed by atoms with Crippen molar-refractivity contribution < 1.29 is 9.59 Å². The van der Waals surface area contributed by atoms with E-state index in [9.17, 15) is 9.59 Å². The number of piperidine rings is 1. The number of rotatable bonds is 3. The van der Waals surface area contributed by atoms with E-state index in [1.807, 2.05) is 18.2 Å². The number of primary amides is 1. The first-order valence-electron chi connectivity index (χ1n) is 7.32. The zero-order valence-corrected chi connectivity index (χ0v) is 12.9. The molecule has 1 aliphatic heterocycles. The number of urea groups is 1. The van der Waals surface area contributed by atoms with E-state index in [1.54, 1.807) is 11.3 Å². The summed E-state index contributed by atoms with van der Waals surface area (Å²) in [4.78, 5) is 29.4. The molecule has 22 heavy (non-hydrogen) atoms. The Morgan fingerprint density at radius 3 is 2.95 bits per heavy atom. The van der Waals surface area contributed by atoms with Crippen LogP contribution in [0.5, 0.6) is 0 Å². The van der Waals surface area contributed by atoms with Crippen molar-refractivity contribution in [1.29, 1.82) is 0 Å². The summed E-state index contributed by atoms with van der Waals surface area (Å²) in [5.41, 5.74) is 5.99. The lowest BCUT2D eigenvalue weighted by Gasteiger charge is -2.33. The molecule has 1 aromatic heterocycles. The Morgan fingerprint density at radius 2 is 2.18 bits per heavy atom. The van der Waals surface area contributed by atoms with Gasteiger partial charge in [-0.1, -0.05) is 18.6 Å². The van der Waals surface area contributed by atoms with Gasteiger partial charge in [0.15, 0.2) is 0 Å². The predicted octanol–water partition coefficient (Wildman–Crippen LogP) is 2.02. The normalized spacial score (nSPS) is 19.2. The minimum atomic E-state index is -0.807. The van der Waals surface area contributed by atoms with Gasteiger partial charge in [-0.3, -0.25) is 15.0 Å². The summed E-state index contributed by atoms with van der Waals surface area (Å²) >= 11 is 1.67. The monoisotopic (exact) mass is 318 g/mol. The lowest BCUT2D eigenvalue weighted by Crippen LogP contribution is -2.44. The molecule has 1 aliphatic rings. The van der Waals surface area contributed by atoms with Crippen molar-refractivity contribution >= 4 is 33.5 Å². The topological polar surface area (TPSA) is 88.3 Å². The minimum Gasteiger partial charge on any atom is -0.351 e. The largest absolute Gasteiger partial charge is 0.351 e. The van der Waals surface area contributed by atoms with E-state index in [2.05, 4.69) is 16.3 Å². The summed E-state index contributed by atoms with van der Waals surface area (Å²) in [6.07, 6.45) is 3.14. The molecule has 1 fully saturated rings. The minimum absolute atomic E-state index is 0.129. The average Bonchev–Trinajstić information content (AvgIpc) is 2.90. The molecule has 2 heterocycles. The molecule has 0 bridgehead atoms. The van der Waals surface area contributed by atoms with Crippen LogP contribution in [-0.4, -0.2) is 34.9 Å². The van der Waals surface area contributed by atoms with Gasteiger partial charge in [0.2, 0.25) is 5.91 Å². The van der Waals surface area contributed by atoms with Crippen LogP contribution in [0.2, 0.25) is 0 Å². The van der Waals surface area contributed by atoms with E-state index in [0.717, 1.165) is 41.0 Å². The summed E-state index contributed by atoms with van der Waals surface area (Å²) in [5, 5.41) is 3.16. The Hall–Kier alpha value is -1.99. The van der Waals surface area contributed by atoms with Crippen molar-refractivity contribution in [2.75, 3.05) is 13.1 Å². The quantitative estimate of drug-likeness (QED) is 0.906. The first-order chi connectivity index (χ1) is 10.6. The van der Waals surface area contributed by atoms with Crippen LogP contribution in [0, 0.1) is 0 Å². The Balaban J connectivity index is 1.79. The zero-order valence-electron chi connectivity index (χ0n) is 12.1. The third kappa shape index (κ3) is 3.26. The van der Waals surface area contributed by atoms with E-state index < -0.39 is 6.03 Å². The van der Waals surface area contributed by atoms with Crippen LogP contribution in [0.1, 0.15) is 30.3 Å². The lowest BCUT2D eigenvalue weighted by molar-refractivity contribution is -0.122. The van der Waals surface area contributed by atoms with Crippen molar-refractivity contribution in [2.45, 2.75) is 25.3 Å². The van der Waals surface area contributed by atoms with Crippen molar-refractivity contribution in [1.82, 2.24) is 15.2 Å². The molecule has 0 radical (unpaired) electrons. The van der Waals surface area contributed by atoms with E-state index in [-0.39, 0.29) is 18.5 Å². The number of benzene rings is 1. The van der Waals surface area contributed by atoms with Crippen LogP contribution in [-0.2, 0) is 4.79 Å². The van der Waals surface area contributed by atoms with Gasteiger partial charge in [0.1, 0.15) is 5.01 Å². The Labute approximate surface area is 132 Å². The van der Waals surface area contributed by atoms with Gasteiger partial charge in [0, 0.05) is 0 Å². The molecule has 0 saturated carbocycles. The molecule has 1 aromatic carbocycles. The third-order valence-corrected chi connectivity index (χ3v) is 4.96. The molecule has 0 spiro atoms. The number of likely N-dealkylation sites (tertiary alicyclic amines) is 1. The number of nitrogens with zero attached hydrogens (tertiary/aromatic N) is 2. The molecular formula is C15H18N4O2S. The Kier molecular flexibility index (Phi) is 4.35. The smallest absolute Gasteiger partial charge is 0.318 e. The second-order valence-corrected chi connectivity index (χ2v) is 6.48. The number of hydrogen-bond donors (Lipinski definition) is 2. The van der Waals surface area contributed by atoms with E-state index in [0.29, 0.717) is 0 Å². The Bertz CT molecular complexity index is 667. The number of nitrogens with two attached hydrogens (primary N) is 1. The first-order valence-corrected chi connectivity index (χ1v) is 8.14. The number of carbonyl (C=O) groups is 2. The van der Waals surface area contributed by atoms with Crippen LogP contribution in [0.15, 0.2) is 24.3 Å². The maximum Gasteiger partial charge on any atom is 0.318 e. The summed E-state index contributed by atoms with van der Waals surface area (Å²) < 4.78 is 1.16. The zero-order chi connectivity index (χ0) is 15.5. The second kappa shape index (κ2) is 6.41. The number of thiazole rings is 1. The molecule has 3 amide bonds. The number of carbonyl (C=O) groups excluding carboxylic acids is 2. The fraction of sp³-hybridized carbons (Fsp3) is 0.400.